The summed E-state index contributed by atoms with van der Waals surface area (Å²) in [7, 11) is -0.728. The van der Waals surface area contributed by atoms with Crippen LogP contribution in [0.4, 0.5) is 0 Å². The molecule has 2 rings (SSSR count). The third-order valence-corrected chi connectivity index (χ3v) is 4.20. The highest BCUT2D eigenvalue weighted by molar-refractivity contribution is 7.08. The van der Waals surface area contributed by atoms with Gasteiger partial charge in [0.05, 0.1) is 0 Å². The minimum Gasteiger partial charge on any atom is -0.140 e. The molecular weight excluding hydrogens is 196 g/mol. The van der Waals surface area contributed by atoms with Crippen LogP contribution in [0, 0.1) is 17.8 Å². The van der Waals surface area contributed by atoms with Crippen molar-refractivity contribution in [3.8, 4) is 0 Å². The lowest BCUT2D eigenvalue weighted by atomic mass is 9.98. The van der Waals surface area contributed by atoms with Crippen LogP contribution in [0.1, 0.15) is 6.42 Å². The van der Waals surface area contributed by atoms with Crippen molar-refractivity contribution >= 4 is 24.5 Å². The highest BCUT2D eigenvalue weighted by Crippen LogP contribution is 2.46. The number of halogens is 1. The van der Waals surface area contributed by atoms with Crippen molar-refractivity contribution in [2.45, 2.75) is 13.0 Å². The van der Waals surface area contributed by atoms with Gasteiger partial charge in [-0.1, -0.05) is 24.4 Å². The molecule has 2 bridgehead atoms. The van der Waals surface area contributed by atoms with Gasteiger partial charge in [0.15, 0.2) is 0 Å². The summed E-state index contributed by atoms with van der Waals surface area (Å²) in [5.41, 5.74) is 6.80. The van der Waals surface area contributed by atoms with E-state index in [1.54, 1.807) is 0 Å². The summed E-state index contributed by atoms with van der Waals surface area (Å²) >= 11 is 6.08. The van der Waals surface area contributed by atoms with Gasteiger partial charge in [0.2, 0.25) is 0 Å². The van der Waals surface area contributed by atoms with Crippen molar-refractivity contribution < 1.29 is 0 Å². The first-order valence-corrected chi connectivity index (χ1v) is 7.72. The zero-order chi connectivity index (χ0) is 9.42. The van der Waals surface area contributed by atoms with Crippen LogP contribution in [0.3, 0.4) is 0 Å². The van der Waals surface area contributed by atoms with Gasteiger partial charge in [0.1, 0.15) is 7.72 Å². The molecule has 1 saturated carbocycles. The number of allylic oxidation sites excluding steroid dienone is 3. The first-order chi connectivity index (χ1) is 6.22. The van der Waals surface area contributed by atoms with E-state index < -0.39 is 7.72 Å². The summed E-state index contributed by atoms with van der Waals surface area (Å²) in [5, 5.41) is 0. The molecule has 68 valence electrons. The fourth-order valence-corrected chi connectivity index (χ4v) is 3.83. The van der Waals surface area contributed by atoms with E-state index in [9.17, 15) is 0 Å². The molecule has 3 atom stereocenters. The number of fused-ring (bicyclic) bond motifs is 2. The van der Waals surface area contributed by atoms with Crippen LogP contribution >= 0.6 is 11.1 Å². The Kier molecular flexibility index (Phi) is 2.42. The van der Waals surface area contributed by atoms with Crippen LogP contribution < -0.4 is 0 Å². The third-order valence-electron chi connectivity index (χ3n) is 2.98. The third kappa shape index (κ3) is 1.52. The Hall–Kier alpha value is -0.363. The molecule has 3 unspecified atom stereocenters. The van der Waals surface area contributed by atoms with Gasteiger partial charge < -0.3 is 0 Å². The largest absolute Gasteiger partial charge is 0.140 e. The van der Waals surface area contributed by atoms with E-state index in [4.69, 9.17) is 11.1 Å². The molecule has 0 spiro atoms. The zero-order valence-corrected chi connectivity index (χ0v) is 9.51. The molecule has 0 nitrogen and oxygen atoms in total. The Labute approximate surface area is 85.5 Å². The molecule has 0 heterocycles. The normalized spacial score (nSPS) is 36.9. The van der Waals surface area contributed by atoms with E-state index in [2.05, 4.69) is 36.7 Å². The van der Waals surface area contributed by atoms with E-state index in [0.29, 0.717) is 17.8 Å². The van der Waals surface area contributed by atoms with Crippen molar-refractivity contribution in [2.75, 3.05) is 0 Å². The zero-order valence-electron chi connectivity index (χ0n) is 7.76. The minimum atomic E-state index is -0.728. The summed E-state index contributed by atoms with van der Waals surface area (Å²) in [4.78, 5) is 0. The first kappa shape index (κ1) is 9.20. The monoisotopic (exact) mass is 208 g/mol. The van der Waals surface area contributed by atoms with Crippen molar-refractivity contribution in [1.29, 1.82) is 0 Å². The van der Waals surface area contributed by atoms with E-state index in [0.717, 1.165) is 6.42 Å². The van der Waals surface area contributed by atoms with Crippen LogP contribution in [0.2, 0.25) is 6.55 Å². The summed E-state index contributed by atoms with van der Waals surface area (Å²) in [6, 6.07) is 0. The number of rotatable bonds is 1. The molecule has 0 radical (unpaired) electrons. The average Bonchev–Trinajstić information content (AvgIpc) is 2.61. The minimum absolute atomic E-state index is 0.571. The van der Waals surface area contributed by atoms with Crippen molar-refractivity contribution in [3.63, 3.8) is 0 Å². The maximum atomic E-state index is 6.08. The fraction of sp³-hybridized carbons (Fsp3) is 0.455. The molecule has 0 saturated heterocycles. The molecule has 0 aliphatic heterocycles. The second-order valence-electron chi connectivity index (χ2n) is 3.81. The molecule has 1 fully saturated rings. The first-order valence-electron chi connectivity index (χ1n) is 4.63. The summed E-state index contributed by atoms with van der Waals surface area (Å²) in [6.07, 6.45) is 5.77. The molecule has 0 aromatic carbocycles. The lowest BCUT2D eigenvalue weighted by Crippen LogP contribution is -2.12. The van der Waals surface area contributed by atoms with Crippen LogP contribution in [0.5, 0.6) is 0 Å². The molecule has 0 aromatic heterocycles. The summed E-state index contributed by atoms with van der Waals surface area (Å²) in [5.74, 6) is 1.91. The predicted octanol–water partition coefficient (Wildman–Crippen LogP) is 2.76. The Balaban J connectivity index is 2.29. The van der Waals surface area contributed by atoms with Crippen molar-refractivity contribution in [1.82, 2.24) is 0 Å². The van der Waals surface area contributed by atoms with E-state index in [-0.39, 0.29) is 0 Å². The molecule has 0 N–H and O–H groups in total. The molecule has 0 amide bonds. The SMILES string of the molecule is C=C=C1CC2C=CC1C2C=[Si](C)Cl. The molecule has 2 aliphatic carbocycles. The van der Waals surface area contributed by atoms with Gasteiger partial charge in [0.25, 0.3) is 0 Å². The highest BCUT2D eigenvalue weighted by atomic mass is 35.6. The van der Waals surface area contributed by atoms with Gasteiger partial charge in [-0.15, -0.1) is 16.8 Å². The smallest absolute Gasteiger partial charge is 0.117 e. The van der Waals surface area contributed by atoms with Crippen LogP contribution in [-0.4, -0.2) is 13.4 Å². The summed E-state index contributed by atoms with van der Waals surface area (Å²) < 4.78 is 0. The van der Waals surface area contributed by atoms with Gasteiger partial charge in [0, 0.05) is 5.92 Å². The van der Waals surface area contributed by atoms with Gasteiger partial charge in [-0.05, 0) is 30.4 Å². The van der Waals surface area contributed by atoms with Crippen LogP contribution in [-0.2, 0) is 0 Å². The van der Waals surface area contributed by atoms with Crippen LogP contribution in [0.25, 0.3) is 0 Å². The predicted molar refractivity (Wildman–Crippen MR) is 60.4 cm³/mol. The average molecular weight is 209 g/mol. The van der Waals surface area contributed by atoms with E-state index >= 15 is 0 Å². The van der Waals surface area contributed by atoms with Gasteiger partial charge >= 0.3 is 0 Å². The lowest BCUT2D eigenvalue weighted by Gasteiger charge is -2.09. The Bertz CT molecular complexity index is 330. The molecule has 0 aromatic rings. The van der Waals surface area contributed by atoms with Gasteiger partial charge in [-0.2, -0.15) is 0 Å². The van der Waals surface area contributed by atoms with Gasteiger partial charge in [-0.3, -0.25) is 0 Å². The quantitative estimate of drug-likeness (QED) is 0.269. The van der Waals surface area contributed by atoms with E-state index in [1.165, 1.54) is 5.57 Å². The molecule has 13 heavy (non-hydrogen) atoms. The fourth-order valence-electron chi connectivity index (χ4n) is 2.41. The second-order valence-corrected chi connectivity index (χ2v) is 7.11. The highest BCUT2D eigenvalue weighted by Gasteiger charge is 2.39. The second kappa shape index (κ2) is 3.41. The summed E-state index contributed by atoms with van der Waals surface area (Å²) in [6.45, 7) is 5.87. The molecular formula is C11H13ClSi. The topological polar surface area (TPSA) is 0 Å². The van der Waals surface area contributed by atoms with Crippen LogP contribution in [0.15, 0.2) is 30.0 Å². The lowest BCUT2D eigenvalue weighted by molar-refractivity contribution is 0.590. The maximum Gasteiger partial charge on any atom is 0.117 e. The maximum absolute atomic E-state index is 6.08. The molecule has 2 heteroatoms. The van der Waals surface area contributed by atoms with Crippen molar-refractivity contribution in [2.24, 2.45) is 17.8 Å². The number of hydrogen-bond donors (Lipinski definition) is 0. The number of hydrogen-bond acceptors (Lipinski definition) is 0. The standard InChI is InChI=1S/C11H13ClSi/c1-3-8-6-9-4-5-10(8)11(9)7-13(2)12/h4-5,7,9-11H,1,6H2,2H3. The Morgan fingerprint density at radius 3 is 3.00 bits per heavy atom. The van der Waals surface area contributed by atoms with Gasteiger partial charge in [-0.25, -0.2) is 0 Å². The Morgan fingerprint density at radius 1 is 1.69 bits per heavy atom. The van der Waals surface area contributed by atoms with Crippen molar-refractivity contribution in [3.05, 3.63) is 30.0 Å². The molecule has 2 aliphatic rings. The van der Waals surface area contributed by atoms with E-state index in [1.807, 2.05) is 0 Å². The Morgan fingerprint density at radius 2 is 2.46 bits per heavy atom.